The van der Waals surface area contributed by atoms with E-state index in [0.717, 1.165) is 29.9 Å². The van der Waals surface area contributed by atoms with Crippen LogP contribution in [0.3, 0.4) is 0 Å². The molecule has 0 radical (unpaired) electrons. The zero-order chi connectivity index (χ0) is 22.5. The van der Waals surface area contributed by atoms with Gasteiger partial charge in [0, 0.05) is 29.7 Å². The SMILES string of the molecule is CC1(C)C=C(c2ccc(C(=O)N3Cc4cccn4Cc4ccccc43)cc2)CC(C)(C)C1. The second-order valence-electron chi connectivity index (χ2n) is 10.9. The second-order valence-corrected chi connectivity index (χ2v) is 10.9. The molecule has 0 saturated heterocycles. The Morgan fingerprint density at radius 2 is 1.62 bits per heavy atom. The predicted octanol–water partition coefficient (Wildman–Crippen LogP) is 6.93. The number of hydrogen-bond donors (Lipinski definition) is 0. The fourth-order valence-electron chi connectivity index (χ4n) is 5.82. The molecule has 0 fully saturated rings. The lowest BCUT2D eigenvalue weighted by molar-refractivity contribution is 0.0985. The van der Waals surface area contributed by atoms with Gasteiger partial charge in [-0.05, 0) is 70.7 Å². The van der Waals surface area contributed by atoms with Crippen LogP contribution in [0.2, 0.25) is 0 Å². The largest absolute Gasteiger partial charge is 0.345 e. The van der Waals surface area contributed by atoms with Crippen LogP contribution in [0.25, 0.3) is 5.57 Å². The van der Waals surface area contributed by atoms with Crippen molar-refractivity contribution in [1.82, 2.24) is 4.57 Å². The first-order chi connectivity index (χ1) is 15.2. The molecule has 0 bridgehead atoms. The number of rotatable bonds is 2. The minimum atomic E-state index is 0.0527. The van der Waals surface area contributed by atoms with Gasteiger partial charge in [-0.3, -0.25) is 4.79 Å². The van der Waals surface area contributed by atoms with Gasteiger partial charge in [0.25, 0.3) is 5.91 Å². The summed E-state index contributed by atoms with van der Waals surface area (Å²) in [6.07, 6.45) is 6.78. The maximum Gasteiger partial charge on any atom is 0.258 e. The molecule has 3 nitrogen and oxygen atoms in total. The third-order valence-corrected chi connectivity index (χ3v) is 6.78. The van der Waals surface area contributed by atoms with Crippen molar-refractivity contribution in [2.75, 3.05) is 4.90 Å². The highest BCUT2D eigenvalue weighted by Gasteiger charge is 2.33. The Morgan fingerprint density at radius 1 is 0.875 bits per heavy atom. The molecule has 3 heteroatoms. The number of para-hydroxylation sites is 1. The van der Waals surface area contributed by atoms with Crippen LogP contribution in [0, 0.1) is 10.8 Å². The molecule has 3 aromatic rings. The summed E-state index contributed by atoms with van der Waals surface area (Å²) in [6, 6.07) is 20.7. The van der Waals surface area contributed by atoms with E-state index in [1.807, 2.05) is 29.2 Å². The summed E-state index contributed by atoms with van der Waals surface area (Å²) in [5, 5.41) is 0. The molecule has 1 aromatic heterocycles. The number of benzene rings is 2. The van der Waals surface area contributed by atoms with Gasteiger partial charge in [-0.25, -0.2) is 0 Å². The molecule has 5 rings (SSSR count). The number of fused-ring (bicyclic) bond motifs is 2. The van der Waals surface area contributed by atoms with E-state index < -0.39 is 0 Å². The lowest BCUT2D eigenvalue weighted by Gasteiger charge is -2.39. The maximum atomic E-state index is 13.6. The molecule has 0 atom stereocenters. The number of hydrogen-bond acceptors (Lipinski definition) is 1. The number of amides is 1. The van der Waals surface area contributed by atoms with E-state index in [2.05, 4.69) is 80.9 Å². The first kappa shape index (κ1) is 20.8. The van der Waals surface area contributed by atoms with Crippen LogP contribution in [0.1, 0.15) is 67.7 Å². The number of nitrogens with zero attached hydrogens (tertiary/aromatic N) is 2. The van der Waals surface area contributed by atoms with Crippen molar-refractivity contribution in [1.29, 1.82) is 0 Å². The maximum absolute atomic E-state index is 13.6. The zero-order valence-electron chi connectivity index (χ0n) is 19.6. The monoisotopic (exact) mass is 424 g/mol. The molecule has 0 spiro atoms. The molecule has 1 amide bonds. The van der Waals surface area contributed by atoms with E-state index in [1.165, 1.54) is 23.1 Å². The summed E-state index contributed by atoms with van der Waals surface area (Å²) in [6.45, 7) is 10.7. The number of aromatic nitrogens is 1. The van der Waals surface area contributed by atoms with Crippen molar-refractivity contribution in [3.63, 3.8) is 0 Å². The standard InChI is InChI=1S/C29H32N2O/c1-28(2)16-24(17-29(3,4)20-28)21-11-13-22(14-12-21)27(32)31-19-25-9-7-15-30(25)18-23-8-5-6-10-26(23)31/h5-16H,17-20H2,1-4H3. The van der Waals surface area contributed by atoms with Gasteiger partial charge in [-0.2, -0.15) is 0 Å². The first-order valence-corrected chi connectivity index (χ1v) is 11.6. The lowest BCUT2D eigenvalue weighted by atomic mass is 9.66. The molecule has 0 unspecified atom stereocenters. The van der Waals surface area contributed by atoms with Crippen molar-refractivity contribution < 1.29 is 4.79 Å². The summed E-state index contributed by atoms with van der Waals surface area (Å²) in [5.41, 5.74) is 7.16. The molecule has 1 aliphatic carbocycles. The van der Waals surface area contributed by atoms with E-state index in [1.54, 1.807) is 0 Å². The first-order valence-electron chi connectivity index (χ1n) is 11.6. The smallest absolute Gasteiger partial charge is 0.258 e. The Bertz CT molecular complexity index is 1190. The van der Waals surface area contributed by atoms with Gasteiger partial charge < -0.3 is 9.47 Å². The van der Waals surface area contributed by atoms with Crippen LogP contribution in [-0.4, -0.2) is 10.5 Å². The van der Waals surface area contributed by atoms with Crippen LogP contribution in [0.5, 0.6) is 0 Å². The summed E-state index contributed by atoms with van der Waals surface area (Å²) >= 11 is 0. The molecule has 164 valence electrons. The topological polar surface area (TPSA) is 25.2 Å². The van der Waals surface area contributed by atoms with Gasteiger partial charge in [0.15, 0.2) is 0 Å². The fraction of sp³-hybridized carbons (Fsp3) is 0.345. The summed E-state index contributed by atoms with van der Waals surface area (Å²) < 4.78 is 2.23. The van der Waals surface area contributed by atoms with Crippen molar-refractivity contribution in [3.05, 3.63) is 95.3 Å². The van der Waals surface area contributed by atoms with Gasteiger partial charge in [0.2, 0.25) is 0 Å². The summed E-state index contributed by atoms with van der Waals surface area (Å²) in [7, 11) is 0. The predicted molar refractivity (Wildman–Crippen MR) is 132 cm³/mol. The van der Waals surface area contributed by atoms with Crippen LogP contribution in [0.4, 0.5) is 5.69 Å². The Labute approximate surface area is 191 Å². The highest BCUT2D eigenvalue weighted by atomic mass is 16.2. The van der Waals surface area contributed by atoms with E-state index in [0.29, 0.717) is 6.54 Å². The van der Waals surface area contributed by atoms with E-state index >= 15 is 0 Å². The van der Waals surface area contributed by atoms with Gasteiger partial charge in [-0.15, -0.1) is 0 Å². The van der Waals surface area contributed by atoms with Crippen molar-refractivity contribution >= 4 is 17.2 Å². The van der Waals surface area contributed by atoms with E-state index in [4.69, 9.17) is 0 Å². The molecule has 2 aliphatic rings. The molecular formula is C29H32N2O. The highest BCUT2D eigenvalue weighted by Crippen LogP contribution is 2.47. The van der Waals surface area contributed by atoms with Crippen molar-refractivity contribution in [2.24, 2.45) is 10.8 Å². The quantitative estimate of drug-likeness (QED) is 0.438. The van der Waals surface area contributed by atoms with Crippen molar-refractivity contribution in [2.45, 2.75) is 53.6 Å². The molecule has 0 N–H and O–H groups in total. The molecule has 1 aliphatic heterocycles. The zero-order valence-corrected chi connectivity index (χ0v) is 19.6. The second kappa shape index (κ2) is 7.51. The van der Waals surface area contributed by atoms with E-state index in [9.17, 15) is 4.79 Å². The summed E-state index contributed by atoms with van der Waals surface area (Å²) in [4.78, 5) is 15.6. The average Bonchev–Trinajstić information content (AvgIpc) is 3.10. The van der Waals surface area contributed by atoms with Crippen molar-refractivity contribution in [3.8, 4) is 0 Å². The minimum Gasteiger partial charge on any atom is -0.345 e. The third kappa shape index (κ3) is 3.92. The van der Waals surface area contributed by atoms with Gasteiger partial charge in [0.1, 0.15) is 0 Å². The molecule has 2 heterocycles. The lowest BCUT2D eigenvalue weighted by Crippen LogP contribution is -2.30. The average molecular weight is 425 g/mol. The van der Waals surface area contributed by atoms with Crippen LogP contribution >= 0.6 is 0 Å². The third-order valence-electron chi connectivity index (χ3n) is 6.78. The van der Waals surface area contributed by atoms with Gasteiger partial charge in [-0.1, -0.05) is 64.1 Å². The van der Waals surface area contributed by atoms with E-state index in [-0.39, 0.29) is 16.7 Å². The Hall–Kier alpha value is -3.07. The normalized spacial score (nSPS) is 18.9. The molecule has 0 saturated carbocycles. The number of carbonyl (C=O) groups is 1. The minimum absolute atomic E-state index is 0.0527. The number of carbonyl (C=O) groups excluding carboxylic acids is 1. The Kier molecular flexibility index (Phi) is 4.88. The number of allylic oxidation sites excluding steroid dienone is 2. The molecular weight excluding hydrogens is 392 g/mol. The summed E-state index contributed by atoms with van der Waals surface area (Å²) in [5.74, 6) is 0.0527. The number of anilines is 1. The van der Waals surface area contributed by atoms with Crippen LogP contribution in [-0.2, 0) is 13.1 Å². The highest BCUT2D eigenvalue weighted by molar-refractivity contribution is 6.06. The van der Waals surface area contributed by atoms with Crippen LogP contribution < -0.4 is 4.90 Å². The molecule has 2 aromatic carbocycles. The van der Waals surface area contributed by atoms with Gasteiger partial charge >= 0.3 is 0 Å². The molecule has 32 heavy (non-hydrogen) atoms. The Balaban J connectivity index is 1.46. The fourth-order valence-corrected chi connectivity index (χ4v) is 5.82. The Morgan fingerprint density at radius 3 is 2.38 bits per heavy atom. The van der Waals surface area contributed by atoms with Crippen LogP contribution in [0.15, 0.2) is 72.9 Å². The van der Waals surface area contributed by atoms with Gasteiger partial charge in [0.05, 0.1) is 6.54 Å².